The molecule has 1 atom stereocenters. The van der Waals surface area contributed by atoms with Gasteiger partial charge in [-0.2, -0.15) is 0 Å². The molecule has 2 heterocycles. The van der Waals surface area contributed by atoms with Crippen LogP contribution in [0.5, 0.6) is 0 Å². The number of nitrogens with zero attached hydrogens (tertiary/aromatic N) is 1. The van der Waals surface area contributed by atoms with Gasteiger partial charge in [0.15, 0.2) is 0 Å². The molecule has 1 aromatic carbocycles. The molecule has 1 aliphatic rings. The summed E-state index contributed by atoms with van der Waals surface area (Å²) in [6.07, 6.45) is 2.44. The van der Waals surface area contributed by atoms with E-state index in [0.717, 1.165) is 24.3 Å². The molecular formula is C24H32N2O3S. The third-order valence-electron chi connectivity index (χ3n) is 5.37. The predicted molar refractivity (Wildman–Crippen MR) is 121 cm³/mol. The van der Waals surface area contributed by atoms with Gasteiger partial charge in [-0.1, -0.05) is 39.0 Å². The van der Waals surface area contributed by atoms with Crippen LogP contribution in [0.4, 0.5) is 0 Å². The second-order valence-electron chi connectivity index (χ2n) is 8.82. The normalized spacial score (nSPS) is 16.4. The molecule has 30 heavy (non-hydrogen) atoms. The minimum absolute atomic E-state index is 0.0438. The number of thiophene rings is 1. The Morgan fingerprint density at radius 2 is 1.97 bits per heavy atom. The highest BCUT2D eigenvalue weighted by Crippen LogP contribution is 2.22. The molecule has 2 amide bonds. The molecule has 1 unspecified atom stereocenters. The summed E-state index contributed by atoms with van der Waals surface area (Å²) in [5.41, 5.74) is 1.86. The average molecular weight is 429 g/mol. The number of benzene rings is 1. The summed E-state index contributed by atoms with van der Waals surface area (Å²) in [5.74, 6) is -0.102. The van der Waals surface area contributed by atoms with Gasteiger partial charge in [-0.05, 0) is 47.4 Å². The Morgan fingerprint density at radius 3 is 2.57 bits per heavy atom. The highest BCUT2D eigenvalue weighted by molar-refractivity contribution is 7.09. The topological polar surface area (TPSA) is 58.6 Å². The van der Waals surface area contributed by atoms with Crippen molar-refractivity contribution in [3.05, 3.63) is 57.8 Å². The van der Waals surface area contributed by atoms with Crippen molar-refractivity contribution in [3.8, 4) is 0 Å². The zero-order valence-electron chi connectivity index (χ0n) is 18.1. The second-order valence-corrected chi connectivity index (χ2v) is 9.85. The monoisotopic (exact) mass is 428 g/mol. The Labute approximate surface area is 183 Å². The summed E-state index contributed by atoms with van der Waals surface area (Å²) in [7, 11) is 0. The van der Waals surface area contributed by atoms with Crippen LogP contribution in [0.3, 0.4) is 0 Å². The lowest BCUT2D eigenvalue weighted by Gasteiger charge is -2.25. The van der Waals surface area contributed by atoms with Crippen molar-refractivity contribution in [2.75, 3.05) is 19.7 Å². The van der Waals surface area contributed by atoms with Crippen molar-refractivity contribution in [1.82, 2.24) is 10.2 Å². The average Bonchev–Trinajstić information content (AvgIpc) is 3.41. The van der Waals surface area contributed by atoms with E-state index >= 15 is 0 Å². The van der Waals surface area contributed by atoms with Crippen LogP contribution in [0.1, 0.15) is 60.8 Å². The molecule has 1 aromatic heterocycles. The lowest BCUT2D eigenvalue weighted by Crippen LogP contribution is -2.38. The van der Waals surface area contributed by atoms with E-state index in [1.54, 1.807) is 11.3 Å². The molecule has 162 valence electrons. The van der Waals surface area contributed by atoms with E-state index in [-0.39, 0.29) is 29.8 Å². The fourth-order valence-electron chi connectivity index (χ4n) is 3.54. The smallest absolute Gasteiger partial charge is 0.251 e. The van der Waals surface area contributed by atoms with Crippen LogP contribution in [0.15, 0.2) is 41.8 Å². The van der Waals surface area contributed by atoms with Crippen LogP contribution >= 0.6 is 11.3 Å². The third-order valence-corrected chi connectivity index (χ3v) is 6.23. The summed E-state index contributed by atoms with van der Waals surface area (Å²) in [4.78, 5) is 28.3. The van der Waals surface area contributed by atoms with Crippen molar-refractivity contribution in [2.45, 2.75) is 58.1 Å². The molecule has 6 heteroatoms. The summed E-state index contributed by atoms with van der Waals surface area (Å²) < 4.78 is 5.73. The number of ether oxygens (including phenoxy) is 1. The van der Waals surface area contributed by atoms with Gasteiger partial charge < -0.3 is 15.0 Å². The van der Waals surface area contributed by atoms with E-state index in [9.17, 15) is 9.59 Å². The van der Waals surface area contributed by atoms with Gasteiger partial charge in [-0.3, -0.25) is 9.59 Å². The van der Waals surface area contributed by atoms with E-state index in [1.165, 1.54) is 5.56 Å². The minimum atomic E-state index is -0.146. The maximum absolute atomic E-state index is 12.9. The van der Waals surface area contributed by atoms with Crippen LogP contribution in [-0.4, -0.2) is 42.5 Å². The SMILES string of the molecule is CC(C)(C)c1ccc(C(=O)NCCC(=O)N(Cc2cccs2)CC2CCCO2)cc1. The standard InChI is InChI=1S/C24H32N2O3S/c1-24(2,3)19-10-8-18(9-11-19)23(28)25-13-12-22(27)26(16-20-6-4-14-29-20)17-21-7-5-15-30-21/h5,7-11,15,20H,4,6,12-14,16-17H2,1-3H3,(H,25,28). The summed E-state index contributed by atoms with van der Waals surface area (Å²) >= 11 is 1.65. The first-order valence-corrected chi connectivity index (χ1v) is 11.5. The van der Waals surface area contributed by atoms with Crippen LogP contribution in [0, 0.1) is 0 Å². The van der Waals surface area contributed by atoms with Crippen molar-refractivity contribution >= 4 is 23.2 Å². The van der Waals surface area contributed by atoms with Crippen molar-refractivity contribution in [1.29, 1.82) is 0 Å². The fraction of sp³-hybridized carbons (Fsp3) is 0.500. The maximum atomic E-state index is 12.9. The van der Waals surface area contributed by atoms with Crippen molar-refractivity contribution in [2.24, 2.45) is 0 Å². The van der Waals surface area contributed by atoms with Crippen LogP contribution < -0.4 is 5.32 Å². The number of amides is 2. The molecule has 0 aliphatic carbocycles. The first-order chi connectivity index (χ1) is 14.3. The number of carbonyl (C=O) groups excluding carboxylic acids is 2. The number of rotatable bonds is 8. The first-order valence-electron chi connectivity index (χ1n) is 10.6. The summed E-state index contributed by atoms with van der Waals surface area (Å²) in [6, 6.07) is 11.7. The largest absolute Gasteiger partial charge is 0.376 e. The third kappa shape index (κ3) is 6.41. The van der Waals surface area contributed by atoms with Crippen molar-refractivity contribution in [3.63, 3.8) is 0 Å². The molecule has 1 N–H and O–H groups in total. The molecule has 3 rings (SSSR count). The Kier molecular flexibility index (Phi) is 7.67. The lowest BCUT2D eigenvalue weighted by molar-refractivity contribution is -0.133. The highest BCUT2D eigenvalue weighted by Gasteiger charge is 2.23. The Balaban J connectivity index is 1.51. The van der Waals surface area contributed by atoms with Gasteiger partial charge in [0.2, 0.25) is 5.91 Å². The first kappa shape index (κ1) is 22.5. The van der Waals surface area contributed by atoms with Crippen LogP contribution in [0.2, 0.25) is 0 Å². The Hall–Kier alpha value is -2.18. The molecule has 0 radical (unpaired) electrons. The number of nitrogens with one attached hydrogen (secondary N) is 1. The number of carbonyl (C=O) groups is 2. The van der Waals surface area contributed by atoms with Crippen molar-refractivity contribution < 1.29 is 14.3 Å². The quantitative estimate of drug-likeness (QED) is 0.679. The van der Waals surface area contributed by atoms with Gasteiger partial charge in [0.25, 0.3) is 5.91 Å². The van der Waals surface area contributed by atoms with E-state index in [0.29, 0.717) is 25.2 Å². The van der Waals surface area contributed by atoms with E-state index in [1.807, 2.05) is 46.7 Å². The van der Waals surface area contributed by atoms with Crippen LogP contribution in [0.25, 0.3) is 0 Å². The molecule has 5 nitrogen and oxygen atoms in total. The number of hydrogen-bond donors (Lipinski definition) is 1. The van der Waals surface area contributed by atoms with Gasteiger partial charge >= 0.3 is 0 Å². The van der Waals surface area contributed by atoms with Crippen LogP contribution in [-0.2, 0) is 21.5 Å². The number of hydrogen-bond acceptors (Lipinski definition) is 4. The zero-order valence-corrected chi connectivity index (χ0v) is 19.0. The van der Waals surface area contributed by atoms with E-state index in [4.69, 9.17) is 4.74 Å². The molecule has 1 aliphatic heterocycles. The van der Waals surface area contributed by atoms with Gasteiger partial charge in [0, 0.05) is 36.6 Å². The van der Waals surface area contributed by atoms with Gasteiger partial charge in [0.1, 0.15) is 0 Å². The minimum Gasteiger partial charge on any atom is -0.376 e. The Bertz CT molecular complexity index is 819. The fourth-order valence-corrected chi connectivity index (χ4v) is 4.26. The molecule has 2 aromatic rings. The summed E-state index contributed by atoms with van der Waals surface area (Å²) in [6.45, 7) is 8.74. The molecule has 0 bridgehead atoms. The lowest BCUT2D eigenvalue weighted by atomic mass is 9.87. The molecule has 1 fully saturated rings. The molecule has 0 spiro atoms. The summed E-state index contributed by atoms with van der Waals surface area (Å²) in [5, 5.41) is 4.90. The highest BCUT2D eigenvalue weighted by atomic mass is 32.1. The van der Waals surface area contributed by atoms with Gasteiger partial charge in [0.05, 0.1) is 12.6 Å². The van der Waals surface area contributed by atoms with Gasteiger partial charge in [-0.25, -0.2) is 0 Å². The second kappa shape index (κ2) is 10.2. The van der Waals surface area contributed by atoms with E-state index in [2.05, 4.69) is 26.1 Å². The molecular weight excluding hydrogens is 396 g/mol. The van der Waals surface area contributed by atoms with E-state index < -0.39 is 0 Å². The molecule has 0 saturated carbocycles. The molecule has 1 saturated heterocycles. The predicted octanol–water partition coefficient (Wildman–Crippen LogP) is 4.37. The Morgan fingerprint density at radius 1 is 1.20 bits per heavy atom. The van der Waals surface area contributed by atoms with Gasteiger partial charge in [-0.15, -0.1) is 11.3 Å². The maximum Gasteiger partial charge on any atom is 0.251 e. The zero-order chi connectivity index (χ0) is 21.6.